The molecule has 0 atom stereocenters. The van der Waals surface area contributed by atoms with E-state index in [1.807, 2.05) is 32.9 Å². The van der Waals surface area contributed by atoms with Crippen LogP contribution in [0.3, 0.4) is 0 Å². The van der Waals surface area contributed by atoms with Gasteiger partial charge in [-0.2, -0.15) is 0 Å². The largest absolute Gasteiger partial charge is 0.460 e. The van der Waals surface area contributed by atoms with Gasteiger partial charge in [0.25, 0.3) is 0 Å². The molecule has 2 aromatic carbocycles. The highest BCUT2D eigenvalue weighted by atomic mass is 16.6. The molecule has 1 aromatic heterocycles. The minimum absolute atomic E-state index is 0.189. The highest BCUT2D eigenvalue weighted by Crippen LogP contribution is 2.24. The van der Waals surface area contributed by atoms with Crippen molar-refractivity contribution >= 4 is 16.9 Å². The minimum atomic E-state index is -0.461. The summed E-state index contributed by atoms with van der Waals surface area (Å²) >= 11 is 0. The van der Waals surface area contributed by atoms with Crippen molar-refractivity contribution in [2.75, 3.05) is 0 Å². The minimum Gasteiger partial charge on any atom is -0.460 e. The topological polar surface area (TPSA) is 31.2 Å². The zero-order chi connectivity index (χ0) is 18.0. The molecular formula is C22H25NO2. The lowest BCUT2D eigenvalue weighted by atomic mass is 10.1. The summed E-state index contributed by atoms with van der Waals surface area (Å²) in [6.45, 7) is 8.57. The number of ether oxygens (including phenoxy) is 1. The summed E-state index contributed by atoms with van der Waals surface area (Å²) in [5.41, 5.74) is 4.20. The van der Waals surface area contributed by atoms with E-state index in [-0.39, 0.29) is 5.97 Å². The third-order valence-electron chi connectivity index (χ3n) is 4.06. The van der Waals surface area contributed by atoms with E-state index < -0.39 is 5.60 Å². The van der Waals surface area contributed by atoms with Crippen molar-refractivity contribution in [3.8, 4) is 0 Å². The van der Waals surface area contributed by atoms with Gasteiger partial charge in [0.2, 0.25) is 0 Å². The molecule has 0 fully saturated rings. The Balaban J connectivity index is 1.91. The number of para-hydroxylation sites is 1. The standard InChI is InChI=1S/C22H25NO2/c1-16-8-7-9-17(12-16)14-23-15-18(13-21(24)25-22(2,3)4)19-10-5-6-11-20(19)23/h5-12,15H,13-14H2,1-4H3. The average Bonchev–Trinajstić information content (AvgIpc) is 2.83. The van der Waals surface area contributed by atoms with Gasteiger partial charge in [-0.25, -0.2) is 0 Å². The lowest BCUT2D eigenvalue weighted by molar-refractivity contribution is -0.153. The van der Waals surface area contributed by atoms with E-state index in [0.29, 0.717) is 6.42 Å². The number of rotatable bonds is 4. The molecule has 0 aliphatic carbocycles. The molecule has 0 aliphatic rings. The Bertz CT molecular complexity index is 900. The lowest BCUT2D eigenvalue weighted by Crippen LogP contribution is -2.24. The van der Waals surface area contributed by atoms with Crippen molar-refractivity contribution in [3.05, 3.63) is 71.4 Å². The first kappa shape index (κ1) is 17.3. The quantitative estimate of drug-likeness (QED) is 0.636. The highest BCUT2D eigenvalue weighted by Gasteiger charge is 2.18. The van der Waals surface area contributed by atoms with Crippen molar-refractivity contribution in [2.45, 2.75) is 46.3 Å². The van der Waals surface area contributed by atoms with Crippen LogP contribution in [0.1, 0.15) is 37.5 Å². The SMILES string of the molecule is Cc1cccc(Cn2cc(CC(=O)OC(C)(C)C)c3ccccc32)c1. The van der Waals surface area contributed by atoms with E-state index in [9.17, 15) is 4.79 Å². The van der Waals surface area contributed by atoms with Gasteiger partial charge in [-0.15, -0.1) is 0 Å². The van der Waals surface area contributed by atoms with E-state index in [0.717, 1.165) is 23.0 Å². The number of hydrogen-bond acceptors (Lipinski definition) is 2. The first-order chi connectivity index (χ1) is 11.8. The fraction of sp³-hybridized carbons (Fsp3) is 0.318. The Kier molecular flexibility index (Phi) is 4.67. The smallest absolute Gasteiger partial charge is 0.310 e. The first-order valence-corrected chi connectivity index (χ1v) is 8.66. The predicted molar refractivity (Wildman–Crippen MR) is 102 cm³/mol. The molecule has 1 heterocycles. The molecule has 3 nitrogen and oxygen atoms in total. The van der Waals surface area contributed by atoms with Gasteiger partial charge in [-0.05, 0) is 44.9 Å². The van der Waals surface area contributed by atoms with Crippen LogP contribution in [0.5, 0.6) is 0 Å². The van der Waals surface area contributed by atoms with Crippen LogP contribution in [0.2, 0.25) is 0 Å². The molecule has 0 N–H and O–H groups in total. The molecule has 0 saturated carbocycles. The molecule has 130 valence electrons. The van der Waals surface area contributed by atoms with Crippen LogP contribution in [0.15, 0.2) is 54.7 Å². The third-order valence-corrected chi connectivity index (χ3v) is 4.06. The lowest BCUT2D eigenvalue weighted by Gasteiger charge is -2.19. The number of aryl methyl sites for hydroxylation is 1. The van der Waals surface area contributed by atoms with E-state index in [2.05, 4.69) is 54.1 Å². The van der Waals surface area contributed by atoms with Gasteiger partial charge in [0, 0.05) is 23.6 Å². The molecule has 0 spiro atoms. The molecule has 0 saturated heterocycles. The van der Waals surface area contributed by atoms with Gasteiger partial charge in [0.1, 0.15) is 5.60 Å². The maximum Gasteiger partial charge on any atom is 0.310 e. The van der Waals surface area contributed by atoms with Crippen LogP contribution in [0.25, 0.3) is 10.9 Å². The van der Waals surface area contributed by atoms with E-state index in [1.54, 1.807) is 0 Å². The number of aromatic nitrogens is 1. The van der Waals surface area contributed by atoms with Gasteiger partial charge in [0.15, 0.2) is 0 Å². The molecule has 0 radical (unpaired) electrons. The number of fused-ring (bicyclic) bond motifs is 1. The Hall–Kier alpha value is -2.55. The van der Waals surface area contributed by atoms with Crippen LogP contribution in [-0.2, 0) is 22.5 Å². The van der Waals surface area contributed by atoms with Crippen LogP contribution < -0.4 is 0 Å². The molecule has 0 bridgehead atoms. The summed E-state index contributed by atoms with van der Waals surface area (Å²) in [7, 11) is 0. The number of carbonyl (C=O) groups is 1. The van der Waals surface area contributed by atoms with Crippen molar-refractivity contribution in [2.24, 2.45) is 0 Å². The van der Waals surface area contributed by atoms with Gasteiger partial charge in [0.05, 0.1) is 6.42 Å². The average molecular weight is 335 g/mol. The molecule has 0 aliphatic heterocycles. The molecule has 0 amide bonds. The van der Waals surface area contributed by atoms with Crippen LogP contribution in [0, 0.1) is 6.92 Å². The monoisotopic (exact) mass is 335 g/mol. The summed E-state index contributed by atoms with van der Waals surface area (Å²) in [5.74, 6) is -0.189. The summed E-state index contributed by atoms with van der Waals surface area (Å²) in [4.78, 5) is 12.3. The maximum atomic E-state index is 12.3. The zero-order valence-corrected chi connectivity index (χ0v) is 15.4. The number of hydrogen-bond donors (Lipinski definition) is 0. The van der Waals surface area contributed by atoms with Crippen molar-refractivity contribution < 1.29 is 9.53 Å². The van der Waals surface area contributed by atoms with Gasteiger partial charge in [-0.1, -0.05) is 48.0 Å². The Morgan fingerprint density at radius 3 is 2.56 bits per heavy atom. The molecule has 0 unspecified atom stereocenters. The predicted octanol–water partition coefficient (Wildman–Crippen LogP) is 4.88. The van der Waals surface area contributed by atoms with E-state index in [4.69, 9.17) is 4.74 Å². The number of benzene rings is 2. The maximum absolute atomic E-state index is 12.3. The van der Waals surface area contributed by atoms with Gasteiger partial charge in [-0.3, -0.25) is 4.79 Å². The number of nitrogens with zero attached hydrogens (tertiary/aromatic N) is 1. The summed E-state index contributed by atoms with van der Waals surface area (Å²) in [6.07, 6.45) is 2.37. The van der Waals surface area contributed by atoms with Crippen LogP contribution in [0.4, 0.5) is 0 Å². The number of esters is 1. The molecule has 3 heteroatoms. The Morgan fingerprint density at radius 2 is 1.84 bits per heavy atom. The molecule has 3 rings (SSSR count). The zero-order valence-electron chi connectivity index (χ0n) is 15.4. The second kappa shape index (κ2) is 6.75. The van der Waals surface area contributed by atoms with Gasteiger partial charge < -0.3 is 9.30 Å². The van der Waals surface area contributed by atoms with Crippen molar-refractivity contribution in [1.29, 1.82) is 0 Å². The van der Waals surface area contributed by atoms with Crippen molar-refractivity contribution in [1.82, 2.24) is 4.57 Å². The Morgan fingerprint density at radius 1 is 1.08 bits per heavy atom. The van der Waals surface area contributed by atoms with Gasteiger partial charge >= 0.3 is 5.97 Å². The second-order valence-corrected chi connectivity index (χ2v) is 7.55. The fourth-order valence-corrected chi connectivity index (χ4v) is 3.13. The fourth-order valence-electron chi connectivity index (χ4n) is 3.13. The van der Waals surface area contributed by atoms with E-state index in [1.165, 1.54) is 11.1 Å². The normalized spacial score (nSPS) is 11.7. The van der Waals surface area contributed by atoms with E-state index >= 15 is 0 Å². The highest BCUT2D eigenvalue weighted by molar-refractivity contribution is 5.88. The summed E-state index contributed by atoms with van der Waals surface area (Å²) in [6, 6.07) is 16.7. The Labute approximate surface area is 149 Å². The number of carbonyl (C=O) groups excluding carboxylic acids is 1. The molecular weight excluding hydrogens is 310 g/mol. The molecule has 3 aromatic rings. The molecule has 25 heavy (non-hydrogen) atoms. The second-order valence-electron chi connectivity index (χ2n) is 7.55. The summed E-state index contributed by atoms with van der Waals surface area (Å²) in [5, 5.41) is 1.11. The van der Waals surface area contributed by atoms with Crippen LogP contribution in [-0.4, -0.2) is 16.1 Å². The third kappa shape index (κ3) is 4.30. The first-order valence-electron chi connectivity index (χ1n) is 8.66. The van der Waals surface area contributed by atoms with Crippen LogP contribution >= 0.6 is 0 Å². The van der Waals surface area contributed by atoms with Crippen molar-refractivity contribution in [3.63, 3.8) is 0 Å². The summed E-state index contributed by atoms with van der Waals surface area (Å²) < 4.78 is 7.70.